The number of carbonyl (C=O) groups excluding carboxylic acids is 1. The Balaban J connectivity index is 1.46. The van der Waals surface area contributed by atoms with Gasteiger partial charge >= 0.3 is 6.03 Å². The van der Waals surface area contributed by atoms with E-state index in [1.807, 2.05) is 6.92 Å². The Morgan fingerprint density at radius 3 is 2.94 bits per heavy atom. The van der Waals surface area contributed by atoms with E-state index in [-0.39, 0.29) is 16.7 Å². The van der Waals surface area contributed by atoms with Gasteiger partial charge in [-0.3, -0.25) is 0 Å². The van der Waals surface area contributed by atoms with Crippen molar-refractivity contribution in [2.45, 2.75) is 62.0 Å². The fourth-order valence-corrected chi connectivity index (χ4v) is 6.50. The van der Waals surface area contributed by atoms with Crippen molar-refractivity contribution >= 4 is 21.6 Å². The van der Waals surface area contributed by atoms with Gasteiger partial charge in [0.25, 0.3) is 0 Å². The average Bonchev–Trinajstić information content (AvgIpc) is 3.51. The summed E-state index contributed by atoms with van der Waals surface area (Å²) in [4.78, 5) is 13.2. The number of nitrogens with one attached hydrogen (secondary N) is 1. The van der Waals surface area contributed by atoms with Gasteiger partial charge in [-0.15, -0.1) is 4.36 Å². The number of nitrogens with zero attached hydrogens (tertiary/aromatic N) is 3. The van der Waals surface area contributed by atoms with Crippen molar-refractivity contribution in [1.29, 1.82) is 0 Å². The minimum absolute atomic E-state index is 0.100. The number of rotatable bonds is 6. The number of fused-ring (bicyclic) bond motifs is 3. The molecule has 3 aliphatic rings. The first-order chi connectivity index (χ1) is 16.2. The maximum Gasteiger partial charge on any atom is 0.354 e. The van der Waals surface area contributed by atoms with Crippen LogP contribution >= 0.6 is 0 Å². The van der Waals surface area contributed by atoms with E-state index in [2.05, 4.69) is 20.8 Å². The molecular formula is C23H31N5O5S. The Kier molecular flexibility index (Phi) is 5.91. The van der Waals surface area contributed by atoms with Crippen LogP contribution in [0.3, 0.4) is 0 Å². The van der Waals surface area contributed by atoms with Gasteiger partial charge in [0.15, 0.2) is 15.5 Å². The number of hydrogen-bond acceptors (Lipinski definition) is 6. The third-order valence-electron chi connectivity index (χ3n) is 6.87. The van der Waals surface area contributed by atoms with Crippen LogP contribution in [-0.4, -0.2) is 53.1 Å². The summed E-state index contributed by atoms with van der Waals surface area (Å²) < 4.78 is 35.5. The van der Waals surface area contributed by atoms with Gasteiger partial charge in [-0.25, -0.2) is 18.8 Å². The summed E-state index contributed by atoms with van der Waals surface area (Å²) in [6.45, 7) is 3.19. The molecule has 0 bridgehead atoms. The molecule has 2 amide bonds. The fraction of sp³-hybridized carbons (Fsp3) is 0.565. The first-order valence-electron chi connectivity index (χ1n) is 11.5. The van der Waals surface area contributed by atoms with Crippen LogP contribution < -0.4 is 15.2 Å². The average molecular weight is 490 g/mol. The molecule has 1 aromatic carbocycles. The van der Waals surface area contributed by atoms with E-state index >= 15 is 0 Å². The van der Waals surface area contributed by atoms with Crippen molar-refractivity contribution in [1.82, 2.24) is 9.78 Å². The van der Waals surface area contributed by atoms with Crippen molar-refractivity contribution in [3.05, 3.63) is 34.5 Å². The summed E-state index contributed by atoms with van der Waals surface area (Å²) in [5.41, 5.74) is 4.88. The molecule has 10 nitrogen and oxygen atoms in total. The second kappa shape index (κ2) is 8.63. The van der Waals surface area contributed by atoms with Gasteiger partial charge in [-0.1, -0.05) is 6.07 Å². The van der Waals surface area contributed by atoms with E-state index in [9.17, 15) is 9.00 Å². The predicted molar refractivity (Wildman–Crippen MR) is 127 cm³/mol. The first kappa shape index (κ1) is 23.3. The number of aromatic nitrogens is 2. The Morgan fingerprint density at radius 1 is 1.35 bits per heavy atom. The van der Waals surface area contributed by atoms with Crippen molar-refractivity contribution in [3.63, 3.8) is 0 Å². The number of aryl methyl sites for hydroxylation is 2. The number of ether oxygens (including phenoxy) is 3. The number of hydrogen-bond donors (Lipinski definition) is 2. The van der Waals surface area contributed by atoms with Crippen molar-refractivity contribution in [2.75, 3.05) is 32.8 Å². The lowest BCUT2D eigenvalue weighted by atomic mass is 9.94. The lowest BCUT2D eigenvalue weighted by molar-refractivity contribution is 0.0165. The van der Waals surface area contributed by atoms with Gasteiger partial charge < -0.3 is 19.5 Å². The van der Waals surface area contributed by atoms with Crippen molar-refractivity contribution in [3.8, 4) is 5.88 Å². The highest BCUT2D eigenvalue weighted by Gasteiger charge is 2.39. The van der Waals surface area contributed by atoms with Crippen molar-refractivity contribution in [2.24, 2.45) is 9.50 Å². The zero-order chi connectivity index (χ0) is 24.1. The van der Waals surface area contributed by atoms with E-state index in [0.29, 0.717) is 19.8 Å². The van der Waals surface area contributed by atoms with E-state index in [1.54, 1.807) is 18.9 Å². The molecule has 34 heavy (non-hydrogen) atoms. The topological polar surface area (TPSA) is 130 Å². The van der Waals surface area contributed by atoms with E-state index in [0.717, 1.165) is 48.9 Å². The van der Waals surface area contributed by atoms with Crippen molar-refractivity contribution < 1.29 is 23.2 Å². The van der Waals surface area contributed by atoms with Gasteiger partial charge in [0.1, 0.15) is 4.90 Å². The molecular weight excluding hydrogens is 458 g/mol. The molecule has 11 heteroatoms. The smallest absolute Gasteiger partial charge is 0.354 e. The van der Waals surface area contributed by atoms with Gasteiger partial charge in [0, 0.05) is 25.8 Å². The lowest BCUT2D eigenvalue weighted by Crippen LogP contribution is -2.36. The number of nitrogens with two attached hydrogens (primary N) is 1. The SMILES string of the molecule is COC[C@H]1CCc2cc3c(c(NC(=O)N=S(N)(=O)c4cnn5c4O[C@](C)(COC)C5)c21)CCC3. The third-order valence-corrected chi connectivity index (χ3v) is 8.21. The number of benzene rings is 1. The molecule has 3 N–H and O–H groups in total. The second-order valence-electron chi connectivity index (χ2n) is 9.55. The highest BCUT2D eigenvalue weighted by atomic mass is 32.2. The van der Waals surface area contributed by atoms with Crippen LogP contribution in [0, 0.1) is 0 Å². The molecule has 0 spiro atoms. The molecule has 5 rings (SSSR count). The van der Waals surface area contributed by atoms with Gasteiger partial charge in [-0.2, -0.15) is 5.10 Å². The second-order valence-corrected chi connectivity index (χ2v) is 11.3. The Hall–Kier alpha value is -2.47. The molecule has 2 heterocycles. The molecule has 3 atom stereocenters. The molecule has 0 radical (unpaired) electrons. The van der Waals surface area contributed by atoms with Crippen LogP contribution in [0.25, 0.3) is 0 Å². The number of methoxy groups -OCH3 is 2. The molecule has 0 fully saturated rings. The number of amides is 2. The summed E-state index contributed by atoms with van der Waals surface area (Å²) in [5.74, 6) is 0.458. The zero-order valence-electron chi connectivity index (χ0n) is 19.8. The standard InChI is InChI=1S/C23H31N5O5S/c1-23(13-32-3)12-28-21(33-23)18(10-25-28)34(24,30)27-22(29)26-20-17-6-4-5-14(17)9-15-7-8-16(11-31-2)19(15)20/h9-10,16H,4-8,11-13H2,1-3H3,(H3,24,26,27,29,30)/t16-,23+,34?/m1/s1. The zero-order valence-corrected chi connectivity index (χ0v) is 20.6. The van der Waals surface area contributed by atoms with Crippen LogP contribution in [0.15, 0.2) is 21.5 Å². The third kappa shape index (κ3) is 4.00. The predicted octanol–water partition coefficient (Wildman–Crippen LogP) is 2.78. The normalized spacial score (nSPS) is 24.2. The summed E-state index contributed by atoms with van der Waals surface area (Å²) >= 11 is 0. The fourth-order valence-electron chi connectivity index (χ4n) is 5.52. The number of urea groups is 1. The minimum Gasteiger partial charge on any atom is -0.466 e. The summed E-state index contributed by atoms with van der Waals surface area (Å²) in [7, 11) is -0.322. The largest absolute Gasteiger partial charge is 0.466 e. The van der Waals surface area contributed by atoms with E-state index in [1.165, 1.54) is 17.3 Å². The van der Waals surface area contributed by atoms with Crippen LogP contribution in [0.5, 0.6) is 5.88 Å². The monoisotopic (exact) mass is 489 g/mol. The molecule has 0 saturated carbocycles. The molecule has 0 saturated heterocycles. The van der Waals surface area contributed by atoms with E-state index in [4.69, 9.17) is 19.3 Å². The minimum atomic E-state index is -3.59. The molecule has 2 aromatic rings. The lowest BCUT2D eigenvalue weighted by Gasteiger charge is -2.21. The highest BCUT2D eigenvalue weighted by molar-refractivity contribution is 7.91. The molecule has 1 aliphatic heterocycles. The van der Waals surface area contributed by atoms with Gasteiger partial charge in [-0.05, 0) is 61.3 Å². The molecule has 1 unspecified atom stereocenters. The number of anilines is 1. The first-order valence-corrected chi connectivity index (χ1v) is 13.1. The van der Waals surface area contributed by atoms with Crippen LogP contribution in [0.4, 0.5) is 10.5 Å². The summed E-state index contributed by atoms with van der Waals surface area (Å²) in [6, 6.07) is 1.53. The van der Waals surface area contributed by atoms with Crippen LogP contribution in [0.2, 0.25) is 0 Å². The van der Waals surface area contributed by atoms with E-state index < -0.39 is 21.5 Å². The van der Waals surface area contributed by atoms with Gasteiger partial charge in [0.05, 0.1) is 26.0 Å². The molecule has 2 aliphatic carbocycles. The molecule has 184 valence electrons. The number of carbonyl (C=O) groups is 1. The van der Waals surface area contributed by atoms with Crippen LogP contribution in [0.1, 0.15) is 47.9 Å². The van der Waals surface area contributed by atoms with Gasteiger partial charge in [0.2, 0.25) is 5.88 Å². The Morgan fingerprint density at radius 2 is 2.18 bits per heavy atom. The highest BCUT2D eigenvalue weighted by Crippen LogP contribution is 2.44. The molecule has 1 aromatic heterocycles. The summed E-state index contributed by atoms with van der Waals surface area (Å²) in [6.07, 6.45) is 6.20. The maximum absolute atomic E-state index is 13.4. The summed E-state index contributed by atoms with van der Waals surface area (Å²) in [5, 5.41) is 13.3. The Bertz CT molecular complexity index is 1260. The Labute approximate surface area is 199 Å². The quantitative estimate of drug-likeness (QED) is 0.642. The maximum atomic E-state index is 13.4. The van der Waals surface area contributed by atoms with Crippen LogP contribution in [-0.2, 0) is 45.2 Å².